The second-order valence-electron chi connectivity index (χ2n) is 5.84. The molecule has 0 saturated heterocycles. The molecule has 5 nitrogen and oxygen atoms in total. The van der Waals surface area contributed by atoms with Crippen molar-refractivity contribution in [3.05, 3.63) is 74.8 Å². The number of hydrogen-bond donors (Lipinski definition) is 2. The first kappa shape index (κ1) is 17.1. The number of nitrogens with one attached hydrogen (secondary N) is 1. The Morgan fingerprint density at radius 2 is 1.83 bits per heavy atom. The first-order valence-electron chi connectivity index (χ1n) is 7.68. The lowest BCUT2D eigenvalue weighted by atomic mass is 9.99. The molecule has 0 aliphatic heterocycles. The van der Waals surface area contributed by atoms with Crippen LogP contribution in [0.25, 0.3) is 0 Å². The van der Waals surface area contributed by atoms with Crippen molar-refractivity contribution >= 4 is 5.69 Å². The van der Waals surface area contributed by atoms with Gasteiger partial charge >= 0.3 is 0 Å². The van der Waals surface area contributed by atoms with Gasteiger partial charge in [-0.25, -0.2) is 0 Å². The maximum Gasteiger partial charge on any atom is 0.273 e. The van der Waals surface area contributed by atoms with Gasteiger partial charge in [-0.3, -0.25) is 10.1 Å². The van der Waals surface area contributed by atoms with Crippen LogP contribution in [0.1, 0.15) is 42.0 Å². The smallest absolute Gasteiger partial charge is 0.273 e. The molecule has 0 aliphatic carbocycles. The van der Waals surface area contributed by atoms with E-state index in [9.17, 15) is 15.2 Å². The molecule has 0 unspecified atom stereocenters. The molecule has 2 N–H and O–H groups in total. The zero-order chi connectivity index (χ0) is 16.8. The third kappa shape index (κ3) is 4.37. The molecule has 0 heterocycles. The Kier molecular flexibility index (Phi) is 5.84. The highest BCUT2D eigenvalue weighted by atomic mass is 16.6. The lowest BCUT2D eigenvalue weighted by Gasteiger charge is -2.11. The summed E-state index contributed by atoms with van der Waals surface area (Å²) in [6.07, 6.45) is 0. The van der Waals surface area contributed by atoms with Crippen molar-refractivity contribution < 1.29 is 10.0 Å². The van der Waals surface area contributed by atoms with E-state index < -0.39 is 0 Å². The Balaban J connectivity index is 2.06. The summed E-state index contributed by atoms with van der Waals surface area (Å²) >= 11 is 0. The maximum atomic E-state index is 11.2. The summed E-state index contributed by atoms with van der Waals surface area (Å²) in [4.78, 5) is 10.9. The molecule has 0 bridgehead atoms. The van der Waals surface area contributed by atoms with Crippen molar-refractivity contribution in [2.75, 3.05) is 0 Å². The molecule has 2 aromatic rings. The number of hydrogen-bond acceptors (Lipinski definition) is 4. The molecule has 0 aliphatic rings. The molecule has 2 aromatic carbocycles. The van der Waals surface area contributed by atoms with E-state index in [1.54, 1.807) is 6.07 Å². The molecule has 0 amide bonds. The lowest BCUT2D eigenvalue weighted by Crippen LogP contribution is -2.14. The second kappa shape index (κ2) is 7.85. The fourth-order valence-corrected chi connectivity index (χ4v) is 2.57. The highest BCUT2D eigenvalue weighted by Gasteiger charge is 2.16. The maximum absolute atomic E-state index is 11.2. The lowest BCUT2D eigenvalue weighted by molar-refractivity contribution is -0.385. The Labute approximate surface area is 136 Å². The molecular weight excluding hydrogens is 292 g/mol. The number of aliphatic hydroxyl groups is 1. The molecule has 23 heavy (non-hydrogen) atoms. The van der Waals surface area contributed by atoms with Crippen LogP contribution >= 0.6 is 0 Å². The Hall–Kier alpha value is -2.24. The van der Waals surface area contributed by atoms with Gasteiger partial charge in [-0.2, -0.15) is 0 Å². The van der Waals surface area contributed by atoms with Crippen LogP contribution in [0, 0.1) is 10.1 Å². The van der Waals surface area contributed by atoms with E-state index in [4.69, 9.17) is 0 Å². The largest absolute Gasteiger partial charge is 0.392 e. The van der Waals surface area contributed by atoms with Crippen molar-refractivity contribution in [1.29, 1.82) is 0 Å². The molecule has 5 heteroatoms. The van der Waals surface area contributed by atoms with Crippen LogP contribution in [0.15, 0.2) is 42.5 Å². The molecule has 2 rings (SSSR count). The van der Waals surface area contributed by atoms with Crippen molar-refractivity contribution in [1.82, 2.24) is 5.32 Å². The topological polar surface area (TPSA) is 75.4 Å². The van der Waals surface area contributed by atoms with Gasteiger partial charge in [-0.15, -0.1) is 0 Å². The third-order valence-electron chi connectivity index (χ3n) is 3.85. The summed E-state index contributed by atoms with van der Waals surface area (Å²) in [6.45, 7) is 5.06. The Bertz CT molecular complexity index is 684. The van der Waals surface area contributed by atoms with Gasteiger partial charge in [0.25, 0.3) is 5.69 Å². The molecule has 0 fully saturated rings. The van der Waals surface area contributed by atoms with Gasteiger partial charge in [0.1, 0.15) is 0 Å². The number of nitro groups is 1. The van der Waals surface area contributed by atoms with Gasteiger partial charge < -0.3 is 10.4 Å². The Morgan fingerprint density at radius 1 is 1.13 bits per heavy atom. The minimum absolute atomic E-state index is 0.00636. The molecule has 0 atom stereocenters. The molecule has 0 aromatic heterocycles. The van der Waals surface area contributed by atoms with Crippen LogP contribution in [0.2, 0.25) is 0 Å². The van der Waals surface area contributed by atoms with Gasteiger partial charge in [0.05, 0.1) is 11.5 Å². The first-order chi connectivity index (χ1) is 11.0. The fraction of sp³-hybridized carbons (Fsp3) is 0.333. The van der Waals surface area contributed by atoms with Crippen LogP contribution in [-0.4, -0.2) is 10.0 Å². The monoisotopic (exact) mass is 314 g/mol. The average molecular weight is 314 g/mol. The number of rotatable bonds is 7. The number of benzene rings is 2. The van der Waals surface area contributed by atoms with E-state index in [2.05, 4.69) is 5.32 Å². The summed E-state index contributed by atoms with van der Waals surface area (Å²) < 4.78 is 0. The predicted octanol–water partition coefficient (Wildman–Crippen LogP) is 3.50. The average Bonchev–Trinajstić information content (AvgIpc) is 2.55. The van der Waals surface area contributed by atoms with Crippen molar-refractivity contribution in [3.63, 3.8) is 0 Å². The van der Waals surface area contributed by atoms with E-state index in [0.29, 0.717) is 13.1 Å². The fourth-order valence-electron chi connectivity index (χ4n) is 2.57. The van der Waals surface area contributed by atoms with Gasteiger partial charge in [0.2, 0.25) is 0 Å². The summed E-state index contributed by atoms with van der Waals surface area (Å²) in [6, 6.07) is 13.1. The summed E-state index contributed by atoms with van der Waals surface area (Å²) in [5.41, 5.74) is 3.73. The zero-order valence-electron chi connectivity index (χ0n) is 13.5. The Morgan fingerprint density at radius 3 is 2.43 bits per heavy atom. The quantitative estimate of drug-likeness (QED) is 0.606. The normalized spacial score (nSPS) is 11.0. The zero-order valence-corrected chi connectivity index (χ0v) is 13.5. The summed E-state index contributed by atoms with van der Waals surface area (Å²) in [7, 11) is 0. The highest BCUT2D eigenvalue weighted by molar-refractivity contribution is 5.45. The van der Waals surface area contributed by atoms with E-state index in [1.807, 2.05) is 50.2 Å². The van der Waals surface area contributed by atoms with Gasteiger partial charge in [0, 0.05) is 24.7 Å². The van der Waals surface area contributed by atoms with Crippen LogP contribution in [0.4, 0.5) is 5.69 Å². The minimum Gasteiger partial charge on any atom is -0.392 e. The minimum atomic E-state index is -0.320. The first-order valence-corrected chi connectivity index (χ1v) is 7.68. The molecule has 0 spiro atoms. The van der Waals surface area contributed by atoms with E-state index >= 15 is 0 Å². The second-order valence-corrected chi connectivity index (χ2v) is 5.84. The van der Waals surface area contributed by atoms with Crippen LogP contribution in [0.3, 0.4) is 0 Å². The molecule has 122 valence electrons. The SMILES string of the molecule is CC(C)c1ccc(CNCc2ccccc2CO)cc1[N+](=O)[O-]. The van der Waals surface area contributed by atoms with Gasteiger partial charge in [0.15, 0.2) is 0 Å². The van der Waals surface area contributed by atoms with E-state index in [1.165, 1.54) is 0 Å². The van der Waals surface area contributed by atoms with Gasteiger partial charge in [-0.1, -0.05) is 50.2 Å². The molecule has 0 radical (unpaired) electrons. The number of aliphatic hydroxyl groups excluding tert-OH is 1. The predicted molar refractivity (Wildman–Crippen MR) is 90.1 cm³/mol. The number of nitro benzene ring substituents is 1. The summed E-state index contributed by atoms with van der Waals surface area (Å²) in [5.74, 6) is 0.119. The standard InChI is InChI=1S/C18H22N2O3/c1-13(2)17-8-7-14(9-18(17)20(22)23)10-19-11-15-5-3-4-6-16(15)12-21/h3-9,13,19,21H,10-12H2,1-2H3. The third-order valence-corrected chi connectivity index (χ3v) is 3.85. The van der Waals surface area contributed by atoms with Crippen LogP contribution < -0.4 is 5.32 Å². The molecule has 0 saturated carbocycles. The number of nitrogens with zero attached hydrogens (tertiary/aromatic N) is 1. The van der Waals surface area contributed by atoms with E-state index in [-0.39, 0.29) is 23.1 Å². The van der Waals surface area contributed by atoms with Gasteiger partial charge in [-0.05, 0) is 22.6 Å². The van der Waals surface area contributed by atoms with E-state index in [0.717, 1.165) is 22.3 Å². The summed E-state index contributed by atoms with van der Waals surface area (Å²) in [5, 5.41) is 23.8. The van der Waals surface area contributed by atoms with Crippen molar-refractivity contribution in [2.24, 2.45) is 0 Å². The van der Waals surface area contributed by atoms with Crippen molar-refractivity contribution in [2.45, 2.75) is 39.5 Å². The van der Waals surface area contributed by atoms with Crippen LogP contribution in [0.5, 0.6) is 0 Å². The highest BCUT2D eigenvalue weighted by Crippen LogP contribution is 2.27. The van der Waals surface area contributed by atoms with Crippen LogP contribution in [-0.2, 0) is 19.7 Å². The van der Waals surface area contributed by atoms with Crippen molar-refractivity contribution in [3.8, 4) is 0 Å². The molecular formula is C18H22N2O3.